The minimum Gasteiger partial charge on any atom is -0.391 e. The molecule has 6 atom stereocenters. The normalized spacial score (nSPS) is 45.7. The summed E-state index contributed by atoms with van der Waals surface area (Å²) in [5.74, 6) is 1.73. The van der Waals surface area contributed by atoms with E-state index >= 15 is 0 Å². The van der Waals surface area contributed by atoms with Crippen LogP contribution in [0.1, 0.15) is 64.2 Å². The van der Waals surface area contributed by atoms with E-state index in [0.717, 1.165) is 32.5 Å². The molecular weight excluding hydrogens is 346 g/mol. The molecule has 2 heterocycles. The fourth-order valence-electron chi connectivity index (χ4n) is 6.22. The molecule has 2 saturated carbocycles. The Labute approximate surface area is 164 Å². The molecule has 150 valence electrons. The first-order chi connectivity index (χ1) is 12.7. The molecule has 2 saturated heterocycles. The van der Waals surface area contributed by atoms with E-state index in [4.69, 9.17) is 11.6 Å². The molecule has 0 bridgehead atoms. The van der Waals surface area contributed by atoms with Crippen molar-refractivity contribution in [3.8, 4) is 0 Å². The lowest BCUT2D eigenvalue weighted by Crippen LogP contribution is -2.61. The summed E-state index contributed by atoms with van der Waals surface area (Å²) >= 11 is 6.33. The summed E-state index contributed by atoms with van der Waals surface area (Å²) in [6.45, 7) is 3.33. The number of rotatable bonds is 4. The number of nitrogens with one attached hydrogen (secondary N) is 3. The van der Waals surface area contributed by atoms with Gasteiger partial charge in [-0.25, -0.2) is 0 Å². The molecule has 5 heteroatoms. The Morgan fingerprint density at radius 1 is 0.923 bits per heavy atom. The molecule has 4 aliphatic rings. The van der Waals surface area contributed by atoms with Crippen LogP contribution >= 0.6 is 11.6 Å². The van der Waals surface area contributed by atoms with Crippen molar-refractivity contribution in [3.05, 3.63) is 0 Å². The lowest BCUT2D eigenvalue weighted by Gasteiger charge is -2.49. The zero-order valence-corrected chi connectivity index (χ0v) is 16.9. The molecule has 4 rings (SSSR count). The van der Waals surface area contributed by atoms with Crippen molar-refractivity contribution in [2.45, 2.75) is 93.8 Å². The van der Waals surface area contributed by atoms with Gasteiger partial charge in [0.05, 0.1) is 6.10 Å². The van der Waals surface area contributed by atoms with Gasteiger partial charge in [0.1, 0.15) is 0 Å². The van der Waals surface area contributed by atoms with Crippen molar-refractivity contribution in [3.63, 3.8) is 0 Å². The van der Waals surface area contributed by atoms with Crippen LogP contribution in [0.2, 0.25) is 0 Å². The van der Waals surface area contributed by atoms with Gasteiger partial charge in [-0.3, -0.25) is 0 Å². The summed E-state index contributed by atoms with van der Waals surface area (Å²) in [7, 11) is 0. The fraction of sp³-hybridized carbons (Fsp3) is 1.00. The largest absolute Gasteiger partial charge is 0.391 e. The number of hydrogen-bond donors (Lipinski definition) is 4. The predicted molar refractivity (Wildman–Crippen MR) is 108 cm³/mol. The first kappa shape index (κ1) is 19.4. The van der Waals surface area contributed by atoms with Crippen LogP contribution in [0.25, 0.3) is 0 Å². The molecule has 2 aliphatic heterocycles. The monoisotopic (exact) mass is 383 g/mol. The van der Waals surface area contributed by atoms with Crippen LogP contribution < -0.4 is 16.0 Å². The molecular formula is C21H38ClN3O. The van der Waals surface area contributed by atoms with E-state index in [-0.39, 0.29) is 6.10 Å². The summed E-state index contributed by atoms with van der Waals surface area (Å²) in [6.07, 6.45) is 12.1. The minimum atomic E-state index is -0.196. The van der Waals surface area contributed by atoms with Crippen LogP contribution in [0.15, 0.2) is 0 Å². The zero-order chi connectivity index (χ0) is 17.9. The number of alkyl halides is 1. The number of aliphatic hydroxyl groups is 1. The van der Waals surface area contributed by atoms with Crippen LogP contribution in [0.5, 0.6) is 0 Å². The van der Waals surface area contributed by atoms with Gasteiger partial charge in [-0.2, -0.15) is 0 Å². The SMILES string of the molecule is OC1C(C(NC2CCC(Cl)CC2)C2CCCNC2)CCC2CCCNC21. The topological polar surface area (TPSA) is 56.3 Å². The zero-order valence-electron chi connectivity index (χ0n) is 16.1. The molecule has 0 spiro atoms. The lowest BCUT2D eigenvalue weighted by molar-refractivity contribution is -0.0304. The molecule has 4 nitrogen and oxygen atoms in total. The highest BCUT2D eigenvalue weighted by Crippen LogP contribution is 2.39. The molecule has 2 aliphatic carbocycles. The van der Waals surface area contributed by atoms with E-state index in [2.05, 4.69) is 16.0 Å². The Balaban J connectivity index is 1.46. The second-order valence-corrected chi connectivity index (χ2v) is 9.98. The Hall–Kier alpha value is 0.130. The second-order valence-electron chi connectivity index (χ2n) is 9.36. The van der Waals surface area contributed by atoms with Gasteiger partial charge in [0.25, 0.3) is 0 Å². The summed E-state index contributed by atoms with van der Waals surface area (Å²) in [6, 6.07) is 1.35. The van der Waals surface area contributed by atoms with E-state index in [1.807, 2.05) is 0 Å². The molecule has 4 fully saturated rings. The molecule has 26 heavy (non-hydrogen) atoms. The third-order valence-electron chi connectivity index (χ3n) is 7.71. The second kappa shape index (κ2) is 9.09. The van der Waals surface area contributed by atoms with E-state index in [1.54, 1.807) is 0 Å². The van der Waals surface area contributed by atoms with Gasteiger partial charge in [-0.05, 0) is 95.7 Å². The quantitative estimate of drug-likeness (QED) is 0.564. The Morgan fingerprint density at radius 2 is 1.73 bits per heavy atom. The molecule has 0 aromatic heterocycles. The van der Waals surface area contributed by atoms with Crippen molar-refractivity contribution >= 4 is 11.6 Å². The van der Waals surface area contributed by atoms with Crippen molar-refractivity contribution in [2.24, 2.45) is 17.8 Å². The van der Waals surface area contributed by atoms with Crippen LogP contribution in [-0.2, 0) is 0 Å². The van der Waals surface area contributed by atoms with Gasteiger partial charge in [-0.1, -0.05) is 0 Å². The van der Waals surface area contributed by atoms with Crippen molar-refractivity contribution in [1.29, 1.82) is 0 Å². The van der Waals surface area contributed by atoms with E-state index in [0.29, 0.717) is 41.3 Å². The van der Waals surface area contributed by atoms with Crippen molar-refractivity contribution in [2.75, 3.05) is 19.6 Å². The molecule has 4 N–H and O–H groups in total. The summed E-state index contributed by atoms with van der Waals surface area (Å²) in [5.41, 5.74) is 0. The molecule has 0 aromatic rings. The fourth-order valence-corrected chi connectivity index (χ4v) is 6.48. The van der Waals surface area contributed by atoms with Gasteiger partial charge in [-0.15, -0.1) is 11.6 Å². The Bertz CT molecular complexity index is 437. The highest BCUT2D eigenvalue weighted by atomic mass is 35.5. The van der Waals surface area contributed by atoms with Crippen LogP contribution in [0, 0.1) is 17.8 Å². The predicted octanol–water partition coefficient (Wildman–Crippen LogP) is 2.63. The van der Waals surface area contributed by atoms with Gasteiger partial charge in [0.2, 0.25) is 0 Å². The summed E-state index contributed by atoms with van der Waals surface area (Å²) in [5, 5.41) is 23.0. The maximum absolute atomic E-state index is 11.3. The number of aliphatic hydroxyl groups excluding tert-OH is 1. The number of halogens is 1. The van der Waals surface area contributed by atoms with Crippen molar-refractivity contribution in [1.82, 2.24) is 16.0 Å². The molecule has 0 amide bonds. The average Bonchev–Trinajstić information content (AvgIpc) is 2.69. The maximum Gasteiger partial charge on any atom is 0.0738 e. The third kappa shape index (κ3) is 4.41. The standard InChI is InChI=1S/C21H38ClN3O/c22-16-6-8-17(9-7-16)25-19(15-4-1-11-23-13-15)18-10-5-14-3-2-12-24-20(14)21(18)26/h14-21,23-26H,1-13H2. The number of hydrogen-bond acceptors (Lipinski definition) is 4. The van der Waals surface area contributed by atoms with Gasteiger partial charge < -0.3 is 21.1 Å². The van der Waals surface area contributed by atoms with Crippen molar-refractivity contribution < 1.29 is 5.11 Å². The Kier molecular flexibility index (Phi) is 6.80. The first-order valence-corrected chi connectivity index (χ1v) is 11.7. The first-order valence-electron chi connectivity index (χ1n) is 11.2. The molecule has 0 radical (unpaired) electrons. The van der Waals surface area contributed by atoms with Crippen LogP contribution in [0.3, 0.4) is 0 Å². The minimum absolute atomic E-state index is 0.196. The number of fused-ring (bicyclic) bond motifs is 1. The van der Waals surface area contributed by atoms with E-state index < -0.39 is 0 Å². The third-order valence-corrected chi connectivity index (χ3v) is 8.14. The number of piperidine rings is 2. The smallest absolute Gasteiger partial charge is 0.0738 e. The lowest BCUT2D eigenvalue weighted by atomic mass is 9.67. The summed E-state index contributed by atoms with van der Waals surface area (Å²) < 4.78 is 0. The van der Waals surface area contributed by atoms with Gasteiger partial charge in [0.15, 0.2) is 0 Å². The highest BCUT2D eigenvalue weighted by Gasteiger charge is 2.45. The van der Waals surface area contributed by atoms with Crippen LogP contribution in [0.4, 0.5) is 0 Å². The average molecular weight is 384 g/mol. The maximum atomic E-state index is 11.3. The van der Waals surface area contributed by atoms with E-state index in [9.17, 15) is 5.11 Å². The molecule has 0 aromatic carbocycles. The Morgan fingerprint density at radius 3 is 2.50 bits per heavy atom. The summed E-state index contributed by atoms with van der Waals surface area (Å²) in [4.78, 5) is 0. The molecule has 6 unspecified atom stereocenters. The van der Waals surface area contributed by atoms with Crippen LogP contribution in [-0.4, -0.2) is 54.3 Å². The van der Waals surface area contributed by atoms with Gasteiger partial charge in [0, 0.05) is 29.4 Å². The van der Waals surface area contributed by atoms with E-state index in [1.165, 1.54) is 51.4 Å². The van der Waals surface area contributed by atoms with Gasteiger partial charge >= 0.3 is 0 Å². The highest BCUT2D eigenvalue weighted by molar-refractivity contribution is 6.20.